The Hall–Kier alpha value is -3.36. The van der Waals surface area contributed by atoms with E-state index in [-0.39, 0.29) is 23.3 Å². The molecule has 0 radical (unpaired) electrons. The van der Waals surface area contributed by atoms with Gasteiger partial charge in [0.25, 0.3) is 10.0 Å². The number of amides is 2. The number of carbonyl (C=O) groups excluding carboxylic acids is 2. The van der Waals surface area contributed by atoms with Gasteiger partial charge in [0.1, 0.15) is 12.6 Å². The van der Waals surface area contributed by atoms with Gasteiger partial charge in [-0.05, 0) is 67.6 Å². The minimum Gasteiger partial charge on any atom is -0.354 e. The smallest absolute Gasteiger partial charge is 0.264 e. The molecule has 39 heavy (non-hydrogen) atoms. The third-order valence-corrected chi connectivity index (χ3v) is 8.38. The summed E-state index contributed by atoms with van der Waals surface area (Å²) in [6.45, 7) is 7.64. The molecule has 2 amide bonds. The third kappa shape index (κ3) is 8.07. The second-order valence-electron chi connectivity index (χ2n) is 9.89. The van der Waals surface area contributed by atoms with Crippen molar-refractivity contribution in [3.63, 3.8) is 0 Å². The lowest BCUT2D eigenvalue weighted by Crippen LogP contribution is -2.52. The number of hydrogen-bond donors (Lipinski definition) is 1. The van der Waals surface area contributed by atoms with Gasteiger partial charge in [0.2, 0.25) is 11.8 Å². The van der Waals surface area contributed by atoms with E-state index in [1.807, 2.05) is 44.2 Å². The molecule has 9 heteroatoms. The van der Waals surface area contributed by atoms with Crippen molar-refractivity contribution in [1.29, 1.82) is 0 Å². The molecule has 0 heterocycles. The zero-order chi connectivity index (χ0) is 28.6. The molecule has 208 valence electrons. The van der Waals surface area contributed by atoms with Crippen LogP contribution in [-0.2, 0) is 26.0 Å². The molecule has 0 spiro atoms. The predicted molar refractivity (Wildman–Crippen MR) is 156 cm³/mol. The Kier molecular flexibility index (Phi) is 10.5. The molecule has 0 aromatic heterocycles. The molecule has 3 aromatic rings. The van der Waals surface area contributed by atoms with E-state index < -0.39 is 28.5 Å². The van der Waals surface area contributed by atoms with Crippen LogP contribution in [0.25, 0.3) is 0 Å². The molecular weight excluding hydrogens is 534 g/mol. The molecular formula is C30H36ClN3O4S. The molecule has 1 N–H and O–H groups in total. The van der Waals surface area contributed by atoms with E-state index in [4.69, 9.17) is 11.6 Å². The van der Waals surface area contributed by atoms with Crippen LogP contribution in [0.15, 0.2) is 83.8 Å². The summed E-state index contributed by atoms with van der Waals surface area (Å²) in [5.41, 5.74) is 1.96. The Morgan fingerprint density at radius 2 is 1.54 bits per heavy atom. The molecule has 7 nitrogen and oxygen atoms in total. The van der Waals surface area contributed by atoms with E-state index in [1.165, 1.54) is 17.0 Å². The van der Waals surface area contributed by atoms with Crippen LogP contribution < -0.4 is 9.62 Å². The van der Waals surface area contributed by atoms with Gasteiger partial charge in [-0.25, -0.2) is 8.42 Å². The molecule has 0 aliphatic carbocycles. The average molecular weight is 570 g/mol. The molecule has 0 fully saturated rings. The summed E-state index contributed by atoms with van der Waals surface area (Å²) in [6.07, 6.45) is 0.514. The first-order chi connectivity index (χ1) is 18.5. The van der Waals surface area contributed by atoms with E-state index in [2.05, 4.69) is 5.32 Å². The first-order valence-corrected chi connectivity index (χ1v) is 14.8. The molecule has 1 atom stereocenters. The Balaban J connectivity index is 1.98. The maximum absolute atomic E-state index is 13.9. The molecule has 0 unspecified atom stereocenters. The number of benzene rings is 3. The van der Waals surface area contributed by atoms with Gasteiger partial charge >= 0.3 is 0 Å². The summed E-state index contributed by atoms with van der Waals surface area (Å²) in [4.78, 5) is 28.4. The maximum Gasteiger partial charge on any atom is 0.264 e. The van der Waals surface area contributed by atoms with Crippen molar-refractivity contribution in [1.82, 2.24) is 10.2 Å². The van der Waals surface area contributed by atoms with Gasteiger partial charge in [0.15, 0.2) is 0 Å². The van der Waals surface area contributed by atoms with Crippen molar-refractivity contribution < 1.29 is 18.0 Å². The van der Waals surface area contributed by atoms with Gasteiger partial charge in [0.05, 0.1) is 10.6 Å². The Labute approximate surface area is 236 Å². The van der Waals surface area contributed by atoms with Gasteiger partial charge in [-0.3, -0.25) is 13.9 Å². The number of anilines is 1. The predicted octanol–water partition coefficient (Wildman–Crippen LogP) is 5.08. The molecule has 3 rings (SSSR count). The van der Waals surface area contributed by atoms with Gasteiger partial charge in [-0.2, -0.15) is 0 Å². The number of aryl methyl sites for hydroxylation is 1. The van der Waals surface area contributed by atoms with Crippen LogP contribution in [0.1, 0.15) is 31.9 Å². The molecule has 0 bridgehead atoms. The van der Waals surface area contributed by atoms with E-state index in [0.717, 1.165) is 9.87 Å². The summed E-state index contributed by atoms with van der Waals surface area (Å²) >= 11 is 6.15. The number of sulfonamides is 1. The van der Waals surface area contributed by atoms with E-state index in [0.29, 0.717) is 29.2 Å². The maximum atomic E-state index is 13.9. The fourth-order valence-corrected chi connectivity index (χ4v) is 5.88. The summed E-state index contributed by atoms with van der Waals surface area (Å²) in [5, 5.41) is 3.35. The SMILES string of the molecule is Cc1cc(Cl)ccc1N(CC(=O)N(CCc1ccccc1)[C@H](C)C(=O)NCC(C)C)S(=O)(=O)c1ccccc1. The lowest BCUT2D eigenvalue weighted by molar-refractivity contribution is -0.138. The van der Waals surface area contributed by atoms with E-state index in [1.54, 1.807) is 50.2 Å². The standard InChI is InChI=1S/C30H36ClN3O4S/c1-22(2)20-32-30(36)24(4)33(18-17-25-11-7-5-8-12-25)29(35)21-34(28-16-15-26(31)19-23(28)3)39(37,38)27-13-9-6-10-14-27/h5-16,19,22,24H,17-18,20-21H2,1-4H3,(H,32,36)/t24-/m1/s1. The van der Waals surface area contributed by atoms with Crippen LogP contribution >= 0.6 is 11.6 Å². The van der Waals surface area contributed by atoms with Crippen molar-refractivity contribution in [2.75, 3.05) is 23.9 Å². The fraction of sp³-hybridized carbons (Fsp3) is 0.333. The highest BCUT2D eigenvalue weighted by Gasteiger charge is 2.32. The van der Waals surface area contributed by atoms with Crippen LogP contribution in [0, 0.1) is 12.8 Å². The molecule has 0 aliphatic heterocycles. The highest BCUT2D eigenvalue weighted by atomic mass is 35.5. The summed E-state index contributed by atoms with van der Waals surface area (Å²) in [5.74, 6) is -0.522. The zero-order valence-electron chi connectivity index (χ0n) is 22.8. The normalized spacial score (nSPS) is 12.2. The Bertz CT molecular complexity index is 1370. The van der Waals surface area contributed by atoms with Crippen molar-refractivity contribution in [2.24, 2.45) is 5.92 Å². The molecule has 0 aliphatic rings. The van der Waals surface area contributed by atoms with E-state index in [9.17, 15) is 18.0 Å². The van der Waals surface area contributed by atoms with Crippen molar-refractivity contribution in [2.45, 2.75) is 45.1 Å². The van der Waals surface area contributed by atoms with Crippen LogP contribution in [-0.4, -0.2) is 50.8 Å². The highest BCUT2D eigenvalue weighted by Crippen LogP contribution is 2.29. The van der Waals surface area contributed by atoms with Gasteiger partial charge in [0, 0.05) is 18.1 Å². The zero-order valence-corrected chi connectivity index (χ0v) is 24.4. The first kappa shape index (κ1) is 30.2. The number of hydrogen-bond acceptors (Lipinski definition) is 4. The van der Waals surface area contributed by atoms with Crippen molar-refractivity contribution in [3.8, 4) is 0 Å². The number of nitrogens with one attached hydrogen (secondary N) is 1. The molecule has 3 aromatic carbocycles. The van der Waals surface area contributed by atoms with Crippen LogP contribution in [0.4, 0.5) is 5.69 Å². The second kappa shape index (κ2) is 13.6. The number of rotatable bonds is 12. The van der Waals surface area contributed by atoms with Crippen LogP contribution in [0.3, 0.4) is 0 Å². The molecule has 0 saturated carbocycles. The Morgan fingerprint density at radius 1 is 0.923 bits per heavy atom. The summed E-state index contributed by atoms with van der Waals surface area (Å²) in [7, 11) is -4.11. The fourth-order valence-electron chi connectivity index (χ4n) is 4.15. The largest absolute Gasteiger partial charge is 0.354 e. The minimum atomic E-state index is -4.11. The first-order valence-electron chi connectivity index (χ1n) is 13.0. The summed E-state index contributed by atoms with van der Waals surface area (Å²) < 4.78 is 28.8. The number of nitrogens with zero attached hydrogens (tertiary/aromatic N) is 2. The van der Waals surface area contributed by atoms with Gasteiger partial charge in [-0.15, -0.1) is 0 Å². The second-order valence-corrected chi connectivity index (χ2v) is 12.2. The van der Waals surface area contributed by atoms with Crippen LogP contribution in [0.5, 0.6) is 0 Å². The third-order valence-electron chi connectivity index (χ3n) is 6.37. The van der Waals surface area contributed by atoms with E-state index >= 15 is 0 Å². The number of carbonyl (C=O) groups is 2. The highest BCUT2D eigenvalue weighted by molar-refractivity contribution is 7.92. The monoisotopic (exact) mass is 569 g/mol. The van der Waals surface area contributed by atoms with Crippen molar-refractivity contribution in [3.05, 3.63) is 95.0 Å². The topological polar surface area (TPSA) is 86.8 Å². The lowest BCUT2D eigenvalue weighted by Gasteiger charge is -2.32. The van der Waals surface area contributed by atoms with Crippen molar-refractivity contribution >= 4 is 39.1 Å². The molecule has 0 saturated heterocycles. The Morgan fingerprint density at radius 3 is 2.13 bits per heavy atom. The van der Waals surface area contributed by atoms with Gasteiger partial charge < -0.3 is 10.2 Å². The summed E-state index contributed by atoms with van der Waals surface area (Å²) in [6, 6.07) is 21.7. The lowest BCUT2D eigenvalue weighted by atomic mass is 10.1. The minimum absolute atomic E-state index is 0.0608. The van der Waals surface area contributed by atoms with Crippen LogP contribution in [0.2, 0.25) is 5.02 Å². The quantitative estimate of drug-likeness (QED) is 0.330. The number of halogens is 1. The average Bonchev–Trinajstić information content (AvgIpc) is 2.91. The van der Waals surface area contributed by atoms with Gasteiger partial charge in [-0.1, -0.05) is 74.0 Å².